The maximum atomic E-state index is 10.8. The molecule has 0 spiro atoms. The Hall–Kier alpha value is 0.200. The summed E-state index contributed by atoms with van der Waals surface area (Å²) in [7, 11) is 1.83. The average Bonchev–Trinajstić information content (AvgIpc) is 2.26. The number of halogens is 1. The Bertz CT molecular complexity index is 354. The first-order valence-electron chi connectivity index (χ1n) is 7.33. The summed E-state index contributed by atoms with van der Waals surface area (Å²) < 4.78 is 27.6. The number of hydrogen-bond donors (Lipinski definition) is 0. The molecule has 0 aromatic heterocycles. The Labute approximate surface area is 122 Å². The van der Waals surface area contributed by atoms with Crippen LogP contribution in [0.15, 0.2) is 0 Å². The van der Waals surface area contributed by atoms with Crippen LogP contribution in [0.4, 0.5) is 0 Å². The van der Waals surface area contributed by atoms with E-state index in [1.54, 1.807) is 0 Å². The fourth-order valence-electron chi connectivity index (χ4n) is 2.92. The Morgan fingerprint density at radius 2 is 1.95 bits per heavy atom. The van der Waals surface area contributed by atoms with E-state index in [9.17, 15) is 8.42 Å². The van der Waals surface area contributed by atoms with Crippen molar-refractivity contribution in [1.82, 2.24) is 0 Å². The Morgan fingerprint density at radius 3 is 2.53 bits per heavy atom. The zero-order valence-electron chi connectivity index (χ0n) is 12.3. The molecule has 19 heavy (non-hydrogen) atoms. The van der Waals surface area contributed by atoms with Crippen molar-refractivity contribution >= 4 is 19.7 Å². The largest absolute Gasteiger partial charge is 0.378 e. The summed E-state index contributed by atoms with van der Waals surface area (Å²) in [6.07, 6.45) is 5.38. The maximum Gasteiger partial charge on any atom is 0.232 e. The summed E-state index contributed by atoms with van der Waals surface area (Å²) in [6.45, 7) is 7.45. The number of rotatable bonds is 7. The van der Waals surface area contributed by atoms with Crippen molar-refractivity contribution in [3.63, 3.8) is 0 Å². The molecule has 0 radical (unpaired) electrons. The van der Waals surface area contributed by atoms with Gasteiger partial charge in [-0.3, -0.25) is 0 Å². The molecule has 0 N–H and O–H groups in total. The van der Waals surface area contributed by atoms with Crippen LogP contribution in [0.1, 0.15) is 52.9 Å². The third-order valence-corrected chi connectivity index (χ3v) is 5.31. The summed E-state index contributed by atoms with van der Waals surface area (Å²) in [4.78, 5) is 0. The predicted octanol–water partition coefficient (Wildman–Crippen LogP) is 3.81. The summed E-state index contributed by atoms with van der Waals surface area (Å²) in [5.74, 6) is 2.09. The van der Waals surface area contributed by atoms with Crippen molar-refractivity contribution in [1.29, 1.82) is 0 Å². The minimum absolute atomic E-state index is 0.0482. The maximum absolute atomic E-state index is 10.8. The monoisotopic (exact) mass is 310 g/mol. The van der Waals surface area contributed by atoms with Crippen LogP contribution >= 0.6 is 10.7 Å². The second-order valence-electron chi connectivity index (χ2n) is 6.19. The first-order valence-corrected chi connectivity index (χ1v) is 9.81. The van der Waals surface area contributed by atoms with Gasteiger partial charge in [0.15, 0.2) is 0 Å². The van der Waals surface area contributed by atoms with Gasteiger partial charge in [-0.25, -0.2) is 8.42 Å². The van der Waals surface area contributed by atoms with E-state index in [0.29, 0.717) is 31.0 Å². The lowest BCUT2D eigenvalue weighted by atomic mass is 9.75. The number of hydrogen-bond acceptors (Lipinski definition) is 3. The van der Waals surface area contributed by atoms with E-state index >= 15 is 0 Å². The van der Waals surface area contributed by atoms with E-state index in [0.717, 1.165) is 18.8 Å². The van der Waals surface area contributed by atoms with Gasteiger partial charge < -0.3 is 4.74 Å². The zero-order chi connectivity index (χ0) is 14.5. The lowest BCUT2D eigenvalue weighted by molar-refractivity contribution is -0.0390. The van der Waals surface area contributed by atoms with Crippen LogP contribution in [0.2, 0.25) is 0 Å². The predicted molar refractivity (Wildman–Crippen MR) is 80.0 cm³/mol. The number of unbranched alkanes of at least 4 members (excludes halogenated alkanes) is 1. The minimum atomic E-state index is -3.35. The molecule has 1 aliphatic rings. The fraction of sp³-hybridized carbons (Fsp3) is 1.00. The molecule has 5 heteroatoms. The van der Waals surface area contributed by atoms with Gasteiger partial charge in [-0.05, 0) is 43.4 Å². The van der Waals surface area contributed by atoms with E-state index in [4.69, 9.17) is 15.4 Å². The highest BCUT2D eigenvalue weighted by Gasteiger charge is 2.31. The standard InChI is InChI=1S/C14H27ClO3S/c1-11(2)13-7-6-12(3)10-14(13)18-8-4-5-9-19(15,16)17/h11-14H,4-10H2,1-3H3. The first kappa shape index (κ1) is 17.3. The normalized spacial score (nSPS) is 28.8. The Balaban J connectivity index is 2.28. The molecule has 0 aliphatic heterocycles. The molecule has 1 fully saturated rings. The van der Waals surface area contributed by atoms with Gasteiger partial charge in [0.05, 0.1) is 11.9 Å². The molecule has 1 aliphatic carbocycles. The second-order valence-corrected chi connectivity index (χ2v) is 9.08. The molecule has 0 amide bonds. The van der Waals surface area contributed by atoms with Gasteiger partial charge in [-0.2, -0.15) is 0 Å². The Morgan fingerprint density at radius 1 is 1.26 bits per heavy atom. The molecule has 114 valence electrons. The van der Waals surface area contributed by atoms with Gasteiger partial charge in [0.25, 0.3) is 0 Å². The van der Waals surface area contributed by atoms with Gasteiger partial charge in [-0.1, -0.05) is 27.2 Å². The zero-order valence-corrected chi connectivity index (χ0v) is 13.8. The molecule has 0 bridgehead atoms. The highest BCUT2D eigenvalue weighted by atomic mass is 35.7. The highest BCUT2D eigenvalue weighted by molar-refractivity contribution is 8.13. The first-order chi connectivity index (χ1) is 8.79. The lowest BCUT2D eigenvalue weighted by Crippen LogP contribution is -2.34. The quantitative estimate of drug-likeness (QED) is 0.530. The molecular formula is C14H27ClO3S. The van der Waals surface area contributed by atoms with Crippen molar-refractivity contribution < 1.29 is 13.2 Å². The van der Waals surface area contributed by atoms with Gasteiger partial charge in [0, 0.05) is 17.3 Å². The Kier molecular flexibility index (Phi) is 7.12. The lowest BCUT2D eigenvalue weighted by Gasteiger charge is -2.37. The third kappa shape index (κ3) is 6.96. The summed E-state index contributed by atoms with van der Waals surface area (Å²) in [5.41, 5.74) is 0. The van der Waals surface area contributed by atoms with Crippen LogP contribution in [0.5, 0.6) is 0 Å². The van der Waals surface area contributed by atoms with E-state index in [1.165, 1.54) is 12.8 Å². The molecule has 0 aromatic carbocycles. The van der Waals surface area contributed by atoms with E-state index in [1.807, 2.05) is 0 Å². The van der Waals surface area contributed by atoms with E-state index in [2.05, 4.69) is 20.8 Å². The smallest absolute Gasteiger partial charge is 0.232 e. The SMILES string of the molecule is CC1CCC(C(C)C)C(OCCCCS(=O)(=O)Cl)C1. The molecular weight excluding hydrogens is 284 g/mol. The highest BCUT2D eigenvalue weighted by Crippen LogP contribution is 2.35. The summed E-state index contributed by atoms with van der Waals surface area (Å²) in [5, 5.41) is 0. The molecule has 1 saturated carbocycles. The van der Waals surface area contributed by atoms with Crippen LogP contribution in [0.3, 0.4) is 0 Å². The van der Waals surface area contributed by atoms with Gasteiger partial charge >= 0.3 is 0 Å². The summed E-state index contributed by atoms with van der Waals surface area (Å²) >= 11 is 0. The molecule has 1 rings (SSSR count). The van der Waals surface area contributed by atoms with E-state index < -0.39 is 9.05 Å². The topological polar surface area (TPSA) is 43.4 Å². The van der Waals surface area contributed by atoms with Crippen molar-refractivity contribution in [2.45, 2.75) is 59.0 Å². The van der Waals surface area contributed by atoms with Crippen LogP contribution in [-0.2, 0) is 13.8 Å². The van der Waals surface area contributed by atoms with Gasteiger partial charge in [0.2, 0.25) is 9.05 Å². The van der Waals surface area contributed by atoms with Crippen molar-refractivity contribution in [2.24, 2.45) is 17.8 Å². The molecule has 0 aromatic rings. The minimum Gasteiger partial charge on any atom is -0.378 e. The molecule has 0 heterocycles. The van der Waals surface area contributed by atoms with Crippen LogP contribution < -0.4 is 0 Å². The van der Waals surface area contributed by atoms with Crippen LogP contribution in [0, 0.1) is 17.8 Å². The molecule has 3 nitrogen and oxygen atoms in total. The van der Waals surface area contributed by atoms with Crippen molar-refractivity contribution in [2.75, 3.05) is 12.4 Å². The van der Waals surface area contributed by atoms with Crippen LogP contribution in [0.25, 0.3) is 0 Å². The van der Waals surface area contributed by atoms with Crippen molar-refractivity contribution in [3.8, 4) is 0 Å². The third-order valence-electron chi connectivity index (χ3n) is 4.08. The van der Waals surface area contributed by atoms with Gasteiger partial charge in [-0.15, -0.1) is 0 Å². The average molecular weight is 311 g/mol. The fourth-order valence-corrected chi connectivity index (χ4v) is 3.79. The van der Waals surface area contributed by atoms with Crippen LogP contribution in [-0.4, -0.2) is 26.9 Å². The van der Waals surface area contributed by atoms with Gasteiger partial charge in [0.1, 0.15) is 0 Å². The van der Waals surface area contributed by atoms with Crippen molar-refractivity contribution in [3.05, 3.63) is 0 Å². The summed E-state index contributed by atoms with van der Waals surface area (Å²) in [6, 6.07) is 0. The molecule has 3 atom stereocenters. The van der Waals surface area contributed by atoms with E-state index in [-0.39, 0.29) is 5.75 Å². The number of ether oxygens (including phenoxy) is 1. The molecule has 3 unspecified atom stereocenters. The second kappa shape index (κ2) is 7.84. The molecule has 0 saturated heterocycles.